The summed E-state index contributed by atoms with van der Waals surface area (Å²) >= 11 is 5.95. The van der Waals surface area contributed by atoms with Crippen LogP contribution in [-0.2, 0) is 25.4 Å². The Morgan fingerprint density at radius 3 is 2.79 bits per heavy atom. The maximum atomic E-state index is 11.5. The van der Waals surface area contributed by atoms with Crippen molar-refractivity contribution in [2.75, 3.05) is 26.1 Å². The van der Waals surface area contributed by atoms with Crippen LogP contribution in [-0.4, -0.2) is 32.1 Å². The fourth-order valence-corrected chi connectivity index (χ4v) is 2.27. The molecule has 1 saturated heterocycles. The van der Waals surface area contributed by atoms with Crippen LogP contribution >= 0.6 is 11.6 Å². The number of esters is 1. The van der Waals surface area contributed by atoms with Gasteiger partial charge in [0.15, 0.2) is 5.79 Å². The van der Waals surface area contributed by atoms with Crippen LogP contribution in [0.5, 0.6) is 0 Å². The zero-order chi connectivity index (χ0) is 13.9. The van der Waals surface area contributed by atoms with Gasteiger partial charge in [-0.15, -0.1) is 0 Å². The maximum Gasteiger partial charge on any atom is 0.311 e. The quantitative estimate of drug-likeness (QED) is 0.674. The first-order valence-electron chi connectivity index (χ1n) is 5.93. The highest BCUT2D eigenvalue weighted by atomic mass is 35.5. The average molecular weight is 286 g/mol. The third-order valence-electron chi connectivity index (χ3n) is 3.02. The number of carbonyl (C=O) groups excluding carboxylic acids is 1. The van der Waals surface area contributed by atoms with Gasteiger partial charge < -0.3 is 19.9 Å². The van der Waals surface area contributed by atoms with Crippen molar-refractivity contribution in [1.29, 1.82) is 0 Å². The molecule has 0 saturated carbocycles. The van der Waals surface area contributed by atoms with E-state index in [0.29, 0.717) is 30.3 Å². The number of halogens is 1. The number of nitrogen functional groups attached to an aromatic ring is 1. The van der Waals surface area contributed by atoms with Gasteiger partial charge >= 0.3 is 5.97 Å². The zero-order valence-electron chi connectivity index (χ0n) is 10.6. The lowest BCUT2D eigenvalue weighted by Gasteiger charge is -2.26. The maximum absolute atomic E-state index is 11.5. The molecule has 1 aliphatic heterocycles. The molecule has 0 spiro atoms. The van der Waals surface area contributed by atoms with Crippen LogP contribution < -0.4 is 5.73 Å². The molecule has 1 aromatic carbocycles. The fourth-order valence-electron chi connectivity index (χ4n) is 2.07. The van der Waals surface area contributed by atoms with Crippen molar-refractivity contribution >= 4 is 23.3 Å². The van der Waals surface area contributed by atoms with E-state index in [-0.39, 0.29) is 12.4 Å². The second-order valence-corrected chi connectivity index (χ2v) is 4.82. The van der Waals surface area contributed by atoms with Crippen LogP contribution in [0.15, 0.2) is 18.2 Å². The Bertz CT molecular complexity index is 472. The van der Waals surface area contributed by atoms with E-state index in [1.54, 1.807) is 18.2 Å². The predicted octanol–water partition coefficient (Wildman–Crippen LogP) is 1.77. The zero-order valence-corrected chi connectivity index (χ0v) is 11.4. The Hall–Kier alpha value is -1.30. The van der Waals surface area contributed by atoms with Crippen molar-refractivity contribution in [3.63, 3.8) is 0 Å². The largest absolute Gasteiger partial charge is 0.469 e. The number of benzene rings is 1. The van der Waals surface area contributed by atoms with E-state index < -0.39 is 5.79 Å². The molecule has 6 heteroatoms. The Morgan fingerprint density at radius 1 is 1.47 bits per heavy atom. The minimum Gasteiger partial charge on any atom is -0.469 e. The molecule has 1 fully saturated rings. The van der Waals surface area contributed by atoms with E-state index in [0.717, 1.165) is 5.56 Å². The van der Waals surface area contributed by atoms with E-state index in [2.05, 4.69) is 4.74 Å². The summed E-state index contributed by atoms with van der Waals surface area (Å²) in [7, 11) is 1.33. The highest BCUT2D eigenvalue weighted by Gasteiger charge is 2.40. The molecule has 5 nitrogen and oxygen atoms in total. The number of nitrogens with two attached hydrogens (primary N) is 1. The summed E-state index contributed by atoms with van der Waals surface area (Å²) in [5, 5.41) is 0.579. The summed E-state index contributed by atoms with van der Waals surface area (Å²) in [5.41, 5.74) is 7.28. The third-order valence-corrected chi connectivity index (χ3v) is 3.25. The van der Waals surface area contributed by atoms with Crippen molar-refractivity contribution in [3.05, 3.63) is 28.8 Å². The minimum absolute atomic E-state index is 0.0233. The van der Waals surface area contributed by atoms with Crippen LogP contribution in [0.3, 0.4) is 0 Å². The Morgan fingerprint density at radius 2 is 2.16 bits per heavy atom. The van der Waals surface area contributed by atoms with Crippen LogP contribution in [0, 0.1) is 0 Å². The van der Waals surface area contributed by atoms with Crippen molar-refractivity contribution in [3.8, 4) is 0 Å². The summed E-state index contributed by atoms with van der Waals surface area (Å²) < 4.78 is 15.9. The topological polar surface area (TPSA) is 70.8 Å². The van der Waals surface area contributed by atoms with E-state index in [1.165, 1.54) is 7.11 Å². The number of methoxy groups -OCH3 is 1. The van der Waals surface area contributed by atoms with Crippen molar-refractivity contribution in [2.45, 2.75) is 18.6 Å². The second kappa shape index (κ2) is 5.77. The second-order valence-electron chi connectivity index (χ2n) is 4.38. The van der Waals surface area contributed by atoms with Crippen molar-refractivity contribution < 1.29 is 19.0 Å². The highest BCUT2D eigenvalue weighted by Crippen LogP contribution is 2.31. The molecule has 0 aliphatic carbocycles. The molecule has 0 amide bonds. The molecular formula is C13H16ClNO4. The van der Waals surface area contributed by atoms with E-state index in [1.807, 2.05) is 0 Å². The van der Waals surface area contributed by atoms with Crippen molar-refractivity contribution in [1.82, 2.24) is 0 Å². The minimum atomic E-state index is -1.01. The lowest BCUT2D eigenvalue weighted by molar-refractivity contribution is -0.180. The number of ether oxygens (including phenoxy) is 3. The molecule has 19 heavy (non-hydrogen) atoms. The lowest BCUT2D eigenvalue weighted by Crippen LogP contribution is -2.36. The van der Waals surface area contributed by atoms with Gasteiger partial charge in [-0.3, -0.25) is 4.79 Å². The molecule has 0 atom stereocenters. The molecule has 2 rings (SSSR count). The smallest absolute Gasteiger partial charge is 0.311 e. The molecule has 1 aromatic rings. The molecule has 1 aliphatic rings. The number of hydrogen-bond acceptors (Lipinski definition) is 5. The molecule has 0 bridgehead atoms. The molecule has 1 heterocycles. The van der Waals surface area contributed by atoms with Gasteiger partial charge in [0.05, 0.1) is 26.7 Å². The summed E-state index contributed by atoms with van der Waals surface area (Å²) in [6.45, 7) is 0.884. The van der Waals surface area contributed by atoms with Gasteiger partial charge in [-0.1, -0.05) is 11.6 Å². The molecule has 0 aromatic heterocycles. The Kier molecular flexibility index (Phi) is 4.29. The van der Waals surface area contributed by atoms with Gasteiger partial charge in [0.1, 0.15) is 0 Å². The molecule has 2 N–H and O–H groups in total. The van der Waals surface area contributed by atoms with Gasteiger partial charge in [0.25, 0.3) is 0 Å². The van der Waals surface area contributed by atoms with Gasteiger partial charge in [0.2, 0.25) is 0 Å². The van der Waals surface area contributed by atoms with Crippen LogP contribution in [0.4, 0.5) is 5.69 Å². The molecule has 0 radical (unpaired) electrons. The van der Waals surface area contributed by atoms with E-state index in [9.17, 15) is 4.79 Å². The highest BCUT2D eigenvalue weighted by molar-refractivity contribution is 6.30. The van der Waals surface area contributed by atoms with Crippen LogP contribution in [0.25, 0.3) is 0 Å². The van der Waals surface area contributed by atoms with Crippen LogP contribution in [0.1, 0.15) is 12.0 Å². The average Bonchev–Trinajstić information content (AvgIpc) is 2.82. The molecule has 0 unspecified atom stereocenters. The summed E-state index contributed by atoms with van der Waals surface area (Å²) in [5.74, 6) is -1.39. The third kappa shape index (κ3) is 3.37. The van der Waals surface area contributed by atoms with Crippen LogP contribution in [0.2, 0.25) is 5.02 Å². The SMILES string of the molecule is COC(=O)CC1(Cc2cc(Cl)ccc2N)OCCO1. The Labute approximate surface area is 116 Å². The summed E-state index contributed by atoms with van der Waals surface area (Å²) in [6, 6.07) is 5.18. The van der Waals surface area contributed by atoms with Gasteiger partial charge in [-0.25, -0.2) is 0 Å². The number of carbonyl (C=O) groups is 1. The summed E-state index contributed by atoms with van der Waals surface area (Å²) in [6.07, 6.45) is 0.379. The van der Waals surface area contributed by atoms with E-state index >= 15 is 0 Å². The first-order valence-corrected chi connectivity index (χ1v) is 6.31. The lowest BCUT2D eigenvalue weighted by atomic mass is 10.0. The predicted molar refractivity (Wildman–Crippen MR) is 70.8 cm³/mol. The number of anilines is 1. The fraction of sp³-hybridized carbons (Fsp3) is 0.462. The van der Waals surface area contributed by atoms with Gasteiger partial charge in [-0.05, 0) is 23.8 Å². The molecular weight excluding hydrogens is 270 g/mol. The summed E-state index contributed by atoms with van der Waals surface area (Å²) in [4.78, 5) is 11.5. The van der Waals surface area contributed by atoms with E-state index in [4.69, 9.17) is 26.8 Å². The number of rotatable bonds is 4. The van der Waals surface area contributed by atoms with Crippen molar-refractivity contribution in [2.24, 2.45) is 0 Å². The number of hydrogen-bond donors (Lipinski definition) is 1. The monoisotopic (exact) mass is 285 g/mol. The molecule has 104 valence electrons. The normalized spacial score (nSPS) is 17.4. The first-order chi connectivity index (χ1) is 9.04. The standard InChI is InChI=1S/C13H16ClNO4/c1-17-12(16)8-13(18-4-5-19-13)7-9-6-10(14)2-3-11(9)15/h2-3,6H,4-5,7-8,15H2,1H3. The Balaban J connectivity index is 2.21. The first kappa shape index (κ1) is 14.1. The van der Waals surface area contributed by atoms with Gasteiger partial charge in [0, 0.05) is 17.1 Å². The van der Waals surface area contributed by atoms with Gasteiger partial charge in [-0.2, -0.15) is 0 Å².